The van der Waals surface area contributed by atoms with E-state index in [1.807, 2.05) is 32.0 Å². The maximum absolute atomic E-state index is 13.1. The van der Waals surface area contributed by atoms with Gasteiger partial charge in [-0.15, -0.1) is 0 Å². The number of aromatic nitrogens is 4. The molecule has 0 atom stereocenters. The van der Waals surface area contributed by atoms with Gasteiger partial charge in [0, 0.05) is 24.2 Å². The van der Waals surface area contributed by atoms with Crippen LogP contribution in [0.5, 0.6) is 17.4 Å². The van der Waals surface area contributed by atoms with Crippen molar-refractivity contribution in [2.75, 3.05) is 11.8 Å². The first-order valence-electron chi connectivity index (χ1n) is 10.5. The highest BCUT2D eigenvalue weighted by Gasteiger charge is 2.25. The van der Waals surface area contributed by atoms with Crippen molar-refractivity contribution < 1.29 is 17.9 Å². The van der Waals surface area contributed by atoms with Crippen LogP contribution in [0, 0.1) is 6.92 Å². The third kappa shape index (κ3) is 4.96. The maximum atomic E-state index is 13.1. The lowest BCUT2D eigenvalue weighted by atomic mass is 10.1. The Kier molecular flexibility index (Phi) is 6.69. The monoisotopic (exact) mass is 477 g/mol. The third-order valence-corrected chi connectivity index (χ3v) is 6.18. The number of aryl methyl sites for hydroxylation is 2. The van der Waals surface area contributed by atoms with E-state index in [1.165, 1.54) is 19.4 Å². The Hall–Kier alpha value is -4.05. The molecule has 3 heterocycles. The van der Waals surface area contributed by atoms with Gasteiger partial charge in [-0.2, -0.15) is 13.4 Å². The highest BCUT2D eigenvalue weighted by molar-refractivity contribution is 7.92. The number of hydrogen-bond acceptors (Lipinski definition) is 8. The number of pyridine rings is 2. The zero-order valence-corrected chi connectivity index (χ0v) is 19.7. The summed E-state index contributed by atoms with van der Waals surface area (Å²) in [6.07, 6.45) is 5.37. The van der Waals surface area contributed by atoms with E-state index in [0.29, 0.717) is 17.7 Å². The number of nitrogens with zero attached hydrogens (tertiary/aromatic N) is 4. The first-order chi connectivity index (χ1) is 16.4. The fourth-order valence-corrected chi connectivity index (χ4v) is 4.09. The quantitative estimate of drug-likeness (QED) is 0.397. The minimum Gasteiger partial charge on any atom is -0.478 e. The Morgan fingerprint density at radius 2 is 1.76 bits per heavy atom. The molecule has 9 nitrogen and oxygen atoms in total. The summed E-state index contributed by atoms with van der Waals surface area (Å²) in [6.45, 7) is 3.82. The van der Waals surface area contributed by atoms with E-state index in [1.54, 1.807) is 36.7 Å². The molecule has 0 bridgehead atoms. The molecule has 0 unspecified atom stereocenters. The molecular weight excluding hydrogens is 454 g/mol. The lowest BCUT2D eigenvalue weighted by Gasteiger charge is -2.17. The van der Waals surface area contributed by atoms with Crippen LogP contribution in [-0.2, 0) is 16.4 Å². The molecule has 174 valence electrons. The van der Waals surface area contributed by atoms with Crippen molar-refractivity contribution in [2.24, 2.45) is 0 Å². The Bertz CT molecular complexity index is 1400. The number of anilines is 1. The number of methoxy groups -OCH3 is 1. The SMILES string of the molecule is CCc1ccccc1Oc1c(NS(=O)(=O)c2ccc(C)cn2)nc(-c2ccncc2)nc1OC. The van der Waals surface area contributed by atoms with Gasteiger partial charge >= 0.3 is 0 Å². The average molecular weight is 478 g/mol. The average Bonchev–Trinajstić information content (AvgIpc) is 2.85. The Labute approximate surface area is 197 Å². The molecule has 10 heteroatoms. The molecule has 0 aliphatic carbocycles. The molecule has 3 aromatic heterocycles. The lowest BCUT2D eigenvalue weighted by molar-refractivity contribution is 0.363. The summed E-state index contributed by atoms with van der Waals surface area (Å²) in [4.78, 5) is 17.0. The molecule has 4 aromatic rings. The van der Waals surface area contributed by atoms with E-state index >= 15 is 0 Å². The number of nitrogens with one attached hydrogen (secondary N) is 1. The molecule has 4 rings (SSSR count). The van der Waals surface area contributed by atoms with Gasteiger partial charge < -0.3 is 9.47 Å². The van der Waals surface area contributed by atoms with Gasteiger partial charge in [-0.3, -0.25) is 9.71 Å². The number of sulfonamides is 1. The van der Waals surface area contributed by atoms with Gasteiger partial charge in [0.25, 0.3) is 15.9 Å². The smallest absolute Gasteiger partial charge is 0.280 e. The van der Waals surface area contributed by atoms with Gasteiger partial charge in [0.05, 0.1) is 7.11 Å². The highest BCUT2D eigenvalue weighted by Crippen LogP contribution is 2.39. The van der Waals surface area contributed by atoms with E-state index in [0.717, 1.165) is 11.1 Å². The molecule has 0 spiro atoms. The van der Waals surface area contributed by atoms with Gasteiger partial charge in [0.15, 0.2) is 16.7 Å². The molecule has 0 aliphatic heterocycles. The summed E-state index contributed by atoms with van der Waals surface area (Å²) in [5.74, 6) is 0.813. The molecule has 1 aromatic carbocycles. The normalized spacial score (nSPS) is 11.1. The van der Waals surface area contributed by atoms with Gasteiger partial charge in [-0.05, 0) is 48.7 Å². The molecule has 0 radical (unpaired) electrons. The van der Waals surface area contributed by atoms with E-state index in [-0.39, 0.29) is 28.3 Å². The van der Waals surface area contributed by atoms with Crippen molar-refractivity contribution in [1.29, 1.82) is 0 Å². The fourth-order valence-electron chi connectivity index (χ4n) is 3.16. The number of para-hydroxylation sites is 1. The van der Waals surface area contributed by atoms with E-state index in [2.05, 4.69) is 24.7 Å². The minimum absolute atomic E-state index is 0.0388. The third-order valence-electron chi connectivity index (χ3n) is 4.92. The molecule has 0 amide bonds. The lowest BCUT2D eigenvalue weighted by Crippen LogP contribution is -2.17. The zero-order chi connectivity index (χ0) is 24.1. The van der Waals surface area contributed by atoms with Gasteiger partial charge in [0.1, 0.15) is 5.75 Å². The van der Waals surface area contributed by atoms with Crippen LogP contribution < -0.4 is 14.2 Å². The second-order valence-electron chi connectivity index (χ2n) is 7.31. The largest absolute Gasteiger partial charge is 0.478 e. The summed E-state index contributed by atoms with van der Waals surface area (Å²) in [5.41, 5.74) is 2.39. The van der Waals surface area contributed by atoms with Gasteiger partial charge in [0.2, 0.25) is 5.75 Å². The van der Waals surface area contributed by atoms with Crippen LogP contribution in [0.3, 0.4) is 0 Å². The van der Waals surface area contributed by atoms with Crippen LogP contribution >= 0.6 is 0 Å². The van der Waals surface area contributed by atoms with Crippen molar-refractivity contribution in [3.63, 3.8) is 0 Å². The van der Waals surface area contributed by atoms with Crippen molar-refractivity contribution in [3.8, 4) is 28.8 Å². The van der Waals surface area contributed by atoms with Gasteiger partial charge in [-0.25, -0.2) is 9.97 Å². The van der Waals surface area contributed by atoms with E-state index in [4.69, 9.17) is 9.47 Å². The number of benzene rings is 1. The second kappa shape index (κ2) is 9.84. The first kappa shape index (κ1) is 23.1. The first-order valence-corrected chi connectivity index (χ1v) is 12.0. The predicted molar refractivity (Wildman–Crippen MR) is 127 cm³/mol. The van der Waals surface area contributed by atoms with Crippen molar-refractivity contribution in [2.45, 2.75) is 25.3 Å². The summed E-state index contributed by atoms with van der Waals surface area (Å²) in [6, 6.07) is 13.9. The highest BCUT2D eigenvalue weighted by atomic mass is 32.2. The van der Waals surface area contributed by atoms with Crippen LogP contribution in [0.2, 0.25) is 0 Å². The molecule has 0 fully saturated rings. The standard InChI is InChI=1S/C24H23N5O4S/c1-4-17-7-5-6-8-19(17)33-21-23(29-34(30,31)20-10-9-16(2)15-26-20)27-22(28-24(21)32-3)18-11-13-25-14-12-18/h5-15H,4H2,1-3H3,(H,27,28,29). The molecule has 34 heavy (non-hydrogen) atoms. The van der Waals surface area contributed by atoms with Crippen LogP contribution in [0.25, 0.3) is 11.4 Å². The summed E-state index contributed by atoms with van der Waals surface area (Å²) in [5, 5.41) is -0.152. The van der Waals surface area contributed by atoms with Crippen LogP contribution in [-0.4, -0.2) is 35.5 Å². The molecular formula is C24H23N5O4S. The topological polar surface area (TPSA) is 116 Å². The van der Waals surface area contributed by atoms with Crippen LogP contribution in [0.1, 0.15) is 18.1 Å². The maximum Gasteiger partial charge on any atom is 0.280 e. The number of ether oxygens (including phenoxy) is 2. The number of hydrogen-bond donors (Lipinski definition) is 1. The van der Waals surface area contributed by atoms with Crippen molar-refractivity contribution in [3.05, 3.63) is 78.2 Å². The Morgan fingerprint density at radius 1 is 1.00 bits per heavy atom. The van der Waals surface area contributed by atoms with Crippen molar-refractivity contribution in [1.82, 2.24) is 19.9 Å². The number of rotatable bonds is 8. The minimum atomic E-state index is -4.08. The van der Waals surface area contributed by atoms with E-state index in [9.17, 15) is 8.42 Å². The molecule has 0 saturated heterocycles. The second-order valence-corrected chi connectivity index (χ2v) is 8.94. The fraction of sp³-hybridized carbons (Fsp3) is 0.167. The van der Waals surface area contributed by atoms with Crippen molar-refractivity contribution >= 4 is 15.8 Å². The van der Waals surface area contributed by atoms with E-state index < -0.39 is 10.0 Å². The van der Waals surface area contributed by atoms with Crippen LogP contribution in [0.4, 0.5) is 5.82 Å². The Balaban J connectivity index is 1.86. The molecule has 0 saturated carbocycles. The zero-order valence-electron chi connectivity index (χ0n) is 18.9. The van der Waals surface area contributed by atoms with Gasteiger partial charge in [-0.1, -0.05) is 31.2 Å². The summed E-state index contributed by atoms with van der Waals surface area (Å²) < 4.78 is 40.4. The predicted octanol–water partition coefficient (Wildman–Crippen LogP) is 4.41. The van der Waals surface area contributed by atoms with Crippen LogP contribution in [0.15, 0.2) is 72.1 Å². The Morgan fingerprint density at radius 3 is 2.44 bits per heavy atom. The molecule has 0 aliphatic rings. The molecule has 1 N–H and O–H groups in total. The summed E-state index contributed by atoms with van der Waals surface area (Å²) in [7, 11) is -2.66. The summed E-state index contributed by atoms with van der Waals surface area (Å²) >= 11 is 0.